The number of hydrogen-bond donors (Lipinski definition) is 0. The van der Waals surface area contributed by atoms with Crippen LogP contribution in [0.15, 0.2) is 176 Å². The molecule has 254 valence electrons. The van der Waals surface area contributed by atoms with Crippen LogP contribution in [0, 0.1) is 22.7 Å². The van der Waals surface area contributed by atoms with Gasteiger partial charge in [0.25, 0.3) is 0 Å². The van der Waals surface area contributed by atoms with Crippen molar-refractivity contribution in [3.05, 3.63) is 187 Å². The van der Waals surface area contributed by atoms with Gasteiger partial charge in [-0.05, 0) is 72.8 Å². The molecular formula is C50H29N5. The number of fused-ring (bicyclic) bond motifs is 9. The Labute approximate surface area is 316 Å². The molecule has 0 N–H and O–H groups in total. The van der Waals surface area contributed by atoms with Crippen molar-refractivity contribution in [3.63, 3.8) is 0 Å². The van der Waals surface area contributed by atoms with Gasteiger partial charge >= 0.3 is 0 Å². The lowest BCUT2D eigenvalue weighted by molar-refractivity contribution is 1.15. The predicted molar refractivity (Wildman–Crippen MR) is 224 cm³/mol. The van der Waals surface area contributed by atoms with Crippen molar-refractivity contribution in [2.75, 3.05) is 0 Å². The van der Waals surface area contributed by atoms with Gasteiger partial charge in [0, 0.05) is 49.1 Å². The fraction of sp³-hybridized carbons (Fsp3) is 0. The number of nitrogens with zero attached hydrogens (tertiary/aromatic N) is 5. The first kappa shape index (κ1) is 30.7. The zero-order valence-electron chi connectivity index (χ0n) is 29.5. The van der Waals surface area contributed by atoms with E-state index in [0.29, 0.717) is 11.1 Å². The van der Waals surface area contributed by atoms with Crippen molar-refractivity contribution in [2.24, 2.45) is 0 Å². The highest BCUT2D eigenvalue weighted by Crippen LogP contribution is 2.42. The number of nitriles is 2. The Hall–Kier alpha value is -7.86. The topological polar surface area (TPSA) is 62.4 Å². The first-order chi connectivity index (χ1) is 27.2. The summed E-state index contributed by atoms with van der Waals surface area (Å²) in [6, 6.07) is 66.0. The molecule has 8 aromatic carbocycles. The lowest BCUT2D eigenvalue weighted by atomic mass is 9.98. The molecule has 0 unspecified atom stereocenters. The van der Waals surface area contributed by atoms with Gasteiger partial charge in [-0.15, -0.1) is 0 Å². The molecule has 3 heterocycles. The van der Waals surface area contributed by atoms with E-state index in [9.17, 15) is 10.5 Å². The Bertz CT molecular complexity index is 3420. The molecule has 0 bridgehead atoms. The molecule has 0 saturated carbocycles. The summed E-state index contributed by atoms with van der Waals surface area (Å²) >= 11 is 0. The molecule has 0 atom stereocenters. The average Bonchev–Trinajstić information content (AvgIpc) is 3.88. The van der Waals surface area contributed by atoms with E-state index in [0.717, 1.165) is 71.8 Å². The second kappa shape index (κ2) is 11.8. The van der Waals surface area contributed by atoms with Crippen LogP contribution in [-0.2, 0) is 0 Å². The monoisotopic (exact) mass is 699 g/mol. The van der Waals surface area contributed by atoms with Crippen molar-refractivity contribution in [2.45, 2.75) is 0 Å². The Balaban J connectivity index is 1.19. The number of rotatable bonds is 4. The van der Waals surface area contributed by atoms with E-state index in [2.05, 4.69) is 159 Å². The Kier molecular flexibility index (Phi) is 6.61. The standard InChI is InChI=1S/C50H29N5/c51-30-32-24-26-49-41(28-32)38-16-5-10-23-47(38)55(49)50-33(31-52)12-11-18-40(50)37-15-3-8-21-45(37)54-46-22-9-4-17-39(46)42-29-34(25-27-48(42)54)53-43-19-6-1-13-35(43)36-14-2-7-20-44(36)53/h1-29H. The molecule has 11 rings (SSSR count). The minimum atomic E-state index is 0.567. The maximum Gasteiger partial charge on any atom is 0.101 e. The minimum Gasteiger partial charge on any atom is -0.309 e. The van der Waals surface area contributed by atoms with Crippen molar-refractivity contribution >= 4 is 65.4 Å². The molecule has 11 aromatic rings. The second-order valence-electron chi connectivity index (χ2n) is 14.0. The summed E-state index contributed by atoms with van der Waals surface area (Å²) in [7, 11) is 0. The van der Waals surface area contributed by atoms with Crippen molar-refractivity contribution in [3.8, 4) is 40.3 Å². The highest BCUT2D eigenvalue weighted by atomic mass is 15.0. The number of aromatic nitrogens is 3. The third-order valence-corrected chi connectivity index (χ3v) is 11.1. The van der Waals surface area contributed by atoms with Gasteiger partial charge in [0.2, 0.25) is 0 Å². The fourth-order valence-electron chi connectivity index (χ4n) is 8.83. The summed E-state index contributed by atoms with van der Waals surface area (Å²) in [5.74, 6) is 0. The molecule has 55 heavy (non-hydrogen) atoms. The predicted octanol–water partition coefficient (Wildman–Crippen LogP) is 12.4. The number of benzene rings is 8. The van der Waals surface area contributed by atoms with Gasteiger partial charge < -0.3 is 13.7 Å². The first-order valence-electron chi connectivity index (χ1n) is 18.3. The Morgan fingerprint density at radius 2 is 0.836 bits per heavy atom. The summed E-state index contributed by atoms with van der Waals surface area (Å²) < 4.78 is 6.93. The zero-order chi connectivity index (χ0) is 36.6. The van der Waals surface area contributed by atoms with Gasteiger partial charge in [0.1, 0.15) is 6.07 Å². The van der Waals surface area contributed by atoms with Gasteiger partial charge in [-0.2, -0.15) is 10.5 Å². The SMILES string of the molecule is N#Cc1ccc2c(c1)c1ccccc1n2-c1c(C#N)cccc1-c1ccccc1-n1c2ccccc2c2cc(-n3c4ccccc4c4ccccc43)ccc21. The van der Waals surface area contributed by atoms with E-state index in [1.165, 1.54) is 21.8 Å². The molecule has 0 aliphatic rings. The molecule has 0 fully saturated rings. The fourth-order valence-corrected chi connectivity index (χ4v) is 8.83. The van der Waals surface area contributed by atoms with Crippen molar-refractivity contribution in [1.82, 2.24) is 13.7 Å². The Morgan fingerprint density at radius 1 is 0.345 bits per heavy atom. The summed E-state index contributed by atoms with van der Waals surface area (Å²) in [5.41, 5.74) is 12.5. The average molecular weight is 700 g/mol. The number of hydrogen-bond acceptors (Lipinski definition) is 2. The molecule has 0 radical (unpaired) electrons. The molecule has 0 saturated heterocycles. The van der Waals surface area contributed by atoms with Crippen LogP contribution in [0.3, 0.4) is 0 Å². The molecule has 0 amide bonds. The molecule has 0 spiro atoms. The maximum absolute atomic E-state index is 10.7. The van der Waals surface area contributed by atoms with Crippen LogP contribution in [0.5, 0.6) is 0 Å². The highest BCUT2D eigenvalue weighted by molar-refractivity contribution is 6.13. The lowest BCUT2D eigenvalue weighted by Gasteiger charge is -2.19. The van der Waals surface area contributed by atoms with Crippen molar-refractivity contribution in [1.29, 1.82) is 10.5 Å². The molecule has 0 aliphatic heterocycles. The van der Waals surface area contributed by atoms with E-state index in [4.69, 9.17) is 0 Å². The quantitative estimate of drug-likeness (QED) is 0.184. The van der Waals surface area contributed by atoms with Gasteiger partial charge in [-0.3, -0.25) is 0 Å². The van der Waals surface area contributed by atoms with E-state index < -0.39 is 0 Å². The first-order valence-corrected chi connectivity index (χ1v) is 18.3. The third kappa shape index (κ3) is 4.39. The van der Waals surface area contributed by atoms with Crippen LogP contribution < -0.4 is 0 Å². The lowest BCUT2D eigenvalue weighted by Crippen LogP contribution is -2.03. The normalized spacial score (nSPS) is 11.6. The zero-order valence-corrected chi connectivity index (χ0v) is 29.5. The minimum absolute atomic E-state index is 0.567. The van der Waals surface area contributed by atoms with Gasteiger partial charge in [-0.1, -0.05) is 103 Å². The molecule has 0 aliphatic carbocycles. The summed E-state index contributed by atoms with van der Waals surface area (Å²) in [6.45, 7) is 0. The molecule has 5 nitrogen and oxygen atoms in total. The third-order valence-electron chi connectivity index (χ3n) is 11.1. The van der Waals surface area contributed by atoms with Crippen LogP contribution in [0.4, 0.5) is 0 Å². The van der Waals surface area contributed by atoms with Gasteiger partial charge in [0.15, 0.2) is 0 Å². The van der Waals surface area contributed by atoms with E-state index in [1.807, 2.05) is 42.5 Å². The summed E-state index contributed by atoms with van der Waals surface area (Å²) in [6.07, 6.45) is 0. The van der Waals surface area contributed by atoms with Crippen molar-refractivity contribution < 1.29 is 0 Å². The van der Waals surface area contributed by atoms with Crippen LogP contribution in [0.2, 0.25) is 0 Å². The molecule has 3 aromatic heterocycles. The summed E-state index contributed by atoms with van der Waals surface area (Å²) in [5, 5.41) is 27.3. The molecule has 5 heteroatoms. The van der Waals surface area contributed by atoms with Crippen LogP contribution in [0.1, 0.15) is 11.1 Å². The van der Waals surface area contributed by atoms with Crippen LogP contribution in [0.25, 0.3) is 93.6 Å². The van der Waals surface area contributed by atoms with Gasteiger partial charge in [-0.25, -0.2) is 0 Å². The van der Waals surface area contributed by atoms with E-state index >= 15 is 0 Å². The van der Waals surface area contributed by atoms with E-state index in [1.54, 1.807) is 0 Å². The largest absolute Gasteiger partial charge is 0.309 e. The highest BCUT2D eigenvalue weighted by Gasteiger charge is 2.23. The summed E-state index contributed by atoms with van der Waals surface area (Å²) in [4.78, 5) is 0. The second-order valence-corrected chi connectivity index (χ2v) is 14.0. The van der Waals surface area contributed by atoms with Crippen LogP contribution in [-0.4, -0.2) is 13.7 Å². The van der Waals surface area contributed by atoms with Crippen LogP contribution >= 0.6 is 0 Å². The molecular weight excluding hydrogens is 671 g/mol. The number of para-hydroxylation sites is 6. The smallest absolute Gasteiger partial charge is 0.101 e. The van der Waals surface area contributed by atoms with E-state index in [-0.39, 0.29) is 0 Å². The Morgan fingerprint density at radius 3 is 1.49 bits per heavy atom. The maximum atomic E-state index is 10.7. The van der Waals surface area contributed by atoms with Gasteiger partial charge in [0.05, 0.1) is 61.7 Å².